The summed E-state index contributed by atoms with van der Waals surface area (Å²) in [4.78, 5) is 75.7. The van der Waals surface area contributed by atoms with E-state index in [1.165, 1.54) is 33.0 Å². The van der Waals surface area contributed by atoms with Crippen LogP contribution in [0.15, 0.2) is 0 Å². The second-order valence-corrected chi connectivity index (χ2v) is 10.8. The number of Topliss-reactive ketones (excluding diaryl/α,β-unsaturated/α-hetero) is 1. The summed E-state index contributed by atoms with van der Waals surface area (Å²) in [5.41, 5.74) is -0.996. The van der Waals surface area contributed by atoms with Crippen LogP contribution in [0.4, 0.5) is 0 Å². The molecule has 0 aliphatic rings. The van der Waals surface area contributed by atoms with Crippen LogP contribution in [0, 0.1) is 10.8 Å². The van der Waals surface area contributed by atoms with Gasteiger partial charge in [0.25, 0.3) is 5.91 Å². The van der Waals surface area contributed by atoms with Gasteiger partial charge in [-0.3, -0.25) is 28.8 Å². The molecule has 0 heterocycles. The van der Waals surface area contributed by atoms with Gasteiger partial charge in [0.15, 0.2) is 0 Å². The van der Waals surface area contributed by atoms with Crippen molar-refractivity contribution in [2.24, 2.45) is 10.8 Å². The summed E-state index contributed by atoms with van der Waals surface area (Å²) in [5, 5.41) is 9.82. The average Bonchev–Trinajstić information content (AvgIpc) is 2.67. The maximum atomic E-state index is 13.2. The molecule has 194 valence electrons. The minimum atomic E-state index is -1.33. The van der Waals surface area contributed by atoms with Gasteiger partial charge < -0.3 is 26.2 Å². The third kappa shape index (κ3) is 10.8. The first kappa shape index (κ1) is 31.0. The first-order chi connectivity index (χ1) is 15.3. The van der Waals surface area contributed by atoms with Crippen molar-refractivity contribution in [2.75, 3.05) is 21.1 Å². The quantitative estimate of drug-likeness (QED) is 0.314. The largest absolute Gasteiger partial charge is 0.353 e. The predicted molar refractivity (Wildman–Crippen MR) is 127 cm³/mol. The Morgan fingerprint density at radius 2 is 1.35 bits per heavy atom. The highest BCUT2D eigenvalue weighted by Crippen LogP contribution is 2.22. The van der Waals surface area contributed by atoms with E-state index in [1.807, 2.05) is 20.8 Å². The molecule has 0 aliphatic heterocycles. The van der Waals surface area contributed by atoms with Crippen LogP contribution in [0.1, 0.15) is 61.3 Å². The molecule has 0 fully saturated rings. The van der Waals surface area contributed by atoms with Crippen molar-refractivity contribution in [1.29, 1.82) is 0 Å². The molecule has 0 saturated heterocycles. The Kier molecular flexibility index (Phi) is 11.4. The van der Waals surface area contributed by atoms with Crippen LogP contribution >= 0.6 is 0 Å². The molecule has 0 saturated carbocycles. The normalized spacial score (nSPS) is 14.2. The lowest BCUT2D eigenvalue weighted by Gasteiger charge is -2.33. The van der Waals surface area contributed by atoms with Gasteiger partial charge in [-0.05, 0) is 17.8 Å². The van der Waals surface area contributed by atoms with Crippen LogP contribution in [0.5, 0.6) is 0 Å². The number of ketones is 1. The number of carbonyl (C=O) groups excluding carboxylic acids is 6. The predicted octanol–water partition coefficient (Wildman–Crippen LogP) is -0.264. The average molecular weight is 484 g/mol. The van der Waals surface area contributed by atoms with Gasteiger partial charge in [0.2, 0.25) is 29.4 Å². The minimum Gasteiger partial charge on any atom is -0.353 e. The Balaban J connectivity index is 5.75. The standard InChI is InChI=1S/C23H41N5O6/c1-13(17(31)20(33)24-8)25-19(32)14(11-16(30)28(9)10)26-21(34)18(23(5,6)7)27-15(29)12-22(2,3)4/h13-14,18H,11-12H2,1-10H3,(H,24,33)(H,25,32)(H,26,34)(H,27,29)/t13?,14-,18+/m0/s1. The fraction of sp³-hybridized carbons (Fsp3) is 0.739. The van der Waals surface area contributed by atoms with Crippen LogP contribution < -0.4 is 21.3 Å². The van der Waals surface area contributed by atoms with E-state index in [-0.39, 0.29) is 24.2 Å². The van der Waals surface area contributed by atoms with Crippen molar-refractivity contribution in [1.82, 2.24) is 26.2 Å². The summed E-state index contributed by atoms with van der Waals surface area (Å²) >= 11 is 0. The highest BCUT2D eigenvalue weighted by atomic mass is 16.2. The van der Waals surface area contributed by atoms with Crippen LogP contribution in [0.3, 0.4) is 0 Å². The van der Waals surface area contributed by atoms with Crippen molar-refractivity contribution in [3.8, 4) is 0 Å². The molecular weight excluding hydrogens is 442 g/mol. The van der Waals surface area contributed by atoms with Gasteiger partial charge in [-0.25, -0.2) is 0 Å². The summed E-state index contributed by atoms with van der Waals surface area (Å²) in [5.74, 6) is -3.96. The van der Waals surface area contributed by atoms with Crippen molar-refractivity contribution in [3.05, 3.63) is 0 Å². The Morgan fingerprint density at radius 1 is 0.824 bits per heavy atom. The molecule has 11 heteroatoms. The number of rotatable bonds is 10. The Hall–Kier alpha value is -2.98. The minimum absolute atomic E-state index is 0.189. The Bertz CT molecular complexity index is 795. The second kappa shape index (κ2) is 12.5. The van der Waals surface area contributed by atoms with Gasteiger partial charge in [0, 0.05) is 27.6 Å². The van der Waals surface area contributed by atoms with Crippen LogP contribution in [0.2, 0.25) is 0 Å². The van der Waals surface area contributed by atoms with E-state index in [1.54, 1.807) is 20.8 Å². The summed E-state index contributed by atoms with van der Waals surface area (Å²) in [6, 6.07) is -3.49. The topological polar surface area (TPSA) is 154 Å². The Morgan fingerprint density at radius 3 is 1.76 bits per heavy atom. The van der Waals surface area contributed by atoms with Crippen molar-refractivity contribution >= 4 is 35.3 Å². The van der Waals surface area contributed by atoms with E-state index in [2.05, 4.69) is 21.3 Å². The monoisotopic (exact) mass is 483 g/mol. The van der Waals surface area contributed by atoms with E-state index in [0.717, 1.165) is 0 Å². The molecule has 11 nitrogen and oxygen atoms in total. The summed E-state index contributed by atoms with van der Waals surface area (Å²) in [7, 11) is 4.29. The molecule has 0 spiro atoms. The van der Waals surface area contributed by atoms with E-state index in [0.29, 0.717) is 0 Å². The van der Waals surface area contributed by atoms with Gasteiger partial charge >= 0.3 is 0 Å². The van der Waals surface area contributed by atoms with Crippen molar-refractivity contribution < 1.29 is 28.8 Å². The zero-order valence-corrected chi connectivity index (χ0v) is 22.0. The SMILES string of the molecule is CNC(=O)C(=O)C(C)NC(=O)[C@H](CC(=O)N(C)C)NC(=O)[C@@H](NC(=O)CC(C)(C)C)C(C)(C)C. The molecule has 0 aromatic carbocycles. The smallest absolute Gasteiger partial charge is 0.289 e. The Labute approximate surface area is 202 Å². The molecule has 0 rings (SSSR count). The number of likely N-dealkylation sites (N-methyl/N-ethyl adjacent to an activating group) is 1. The zero-order chi connectivity index (χ0) is 27.0. The molecule has 5 amide bonds. The molecule has 34 heavy (non-hydrogen) atoms. The fourth-order valence-electron chi connectivity index (χ4n) is 2.89. The number of amides is 5. The molecule has 3 atom stereocenters. The molecule has 0 aromatic rings. The van der Waals surface area contributed by atoms with Gasteiger partial charge in [0.1, 0.15) is 12.1 Å². The lowest BCUT2D eigenvalue weighted by atomic mass is 9.85. The third-order valence-corrected chi connectivity index (χ3v) is 4.84. The summed E-state index contributed by atoms with van der Waals surface area (Å²) < 4.78 is 0. The molecule has 1 unspecified atom stereocenters. The van der Waals surface area contributed by atoms with E-state index in [4.69, 9.17) is 0 Å². The number of hydrogen-bond donors (Lipinski definition) is 4. The number of nitrogens with one attached hydrogen (secondary N) is 4. The fourth-order valence-corrected chi connectivity index (χ4v) is 2.89. The van der Waals surface area contributed by atoms with Gasteiger partial charge in [0.05, 0.1) is 12.5 Å². The number of carbonyl (C=O) groups is 6. The van der Waals surface area contributed by atoms with Crippen LogP contribution in [-0.4, -0.2) is 79.5 Å². The zero-order valence-electron chi connectivity index (χ0n) is 22.0. The number of hydrogen-bond acceptors (Lipinski definition) is 6. The van der Waals surface area contributed by atoms with Crippen molar-refractivity contribution in [2.45, 2.75) is 79.4 Å². The maximum Gasteiger partial charge on any atom is 0.289 e. The third-order valence-electron chi connectivity index (χ3n) is 4.84. The highest BCUT2D eigenvalue weighted by Gasteiger charge is 2.37. The molecule has 0 aliphatic carbocycles. The lowest BCUT2D eigenvalue weighted by Crippen LogP contribution is -2.59. The van der Waals surface area contributed by atoms with Gasteiger partial charge in [-0.15, -0.1) is 0 Å². The van der Waals surface area contributed by atoms with E-state index < -0.39 is 53.0 Å². The summed E-state index contributed by atoms with van der Waals surface area (Å²) in [6.45, 7) is 12.3. The van der Waals surface area contributed by atoms with Gasteiger partial charge in [-0.2, -0.15) is 0 Å². The lowest BCUT2D eigenvalue weighted by molar-refractivity contribution is -0.141. The highest BCUT2D eigenvalue weighted by molar-refractivity contribution is 6.38. The van der Waals surface area contributed by atoms with Crippen LogP contribution in [-0.2, 0) is 28.8 Å². The maximum absolute atomic E-state index is 13.2. The summed E-state index contributed by atoms with van der Waals surface area (Å²) in [6.07, 6.45) is -0.187. The van der Waals surface area contributed by atoms with Gasteiger partial charge in [-0.1, -0.05) is 41.5 Å². The van der Waals surface area contributed by atoms with E-state index >= 15 is 0 Å². The first-order valence-electron chi connectivity index (χ1n) is 11.2. The molecular formula is C23H41N5O6. The molecule has 0 radical (unpaired) electrons. The van der Waals surface area contributed by atoms with Crippen molar-refractivity contribution in [3.63, 3.8) is 0 Å². The molecule has 0 aromatic heterocycles. The number of nitrogens with zero attached hydrogens (tertiary/aromatic N) is 1. The molecule has 4 N–H and O–H groups in total. The van der Waals surface area contributed by atoms with E-state index in [9.17, 15) is 28.8 Å². The van der Waals surface area contributed by atoms with Crippen LogP contribution in [0.25, 0.3) is 0 Å². The second-order valence-electron chi connectivity index (χ2n) is 10.8. The molecule has 0 bridgehead atoms. The first-order valence-corrected chi connectivity index (χ1v) is 11.2.